The van der Waals surface area contributed by atoms with Gasteiger partial charge in [-0.05, 0) is 41.6 Å². The van der Waals surface area contributed by atoms with Crippen LogP contribution in [0.25, 0.3) is 0 Å². The molecule has 1 amide bonds. The molecule has 2 heterocycles. The van der Waals surface area contributed by atoms with Crippen LogP contribution < -0.4 is 5.32 Å². The van der Waals surface area contributed by atoms with Crippen molar-refractivity contribution in [2.75, 3.05) is 0 Å². The van der Waals surface area contributed by atoms with E-state index in [0.717, 1.165) is 3.57 Å². The van der Waals surface area contributed by atoms with Gasteiger partial charge in [0.2, 0.25) is 5.91 Å². The lowest BCUT2D eigenvalue weighted by atomic mass is 10.2. The summed E-state index contributed by atoms with van der Waals surface area (Å²) >= 11 is 20.3. The number of carbonyl (C=O) groups is 1. The van der Waals surface area contributed by atoms with Crippen LogP contribution in [0.5, 0.6) is 0 Å². The van der Waals surface area contributed by atoms with Gasteiger partial charge in [0.05, 0.1) is 23.7 Å². The highest BCUT2D eigenvalue weighted by Crippen LogP contribution is 2.24. The third-order valence-electron chi connectivity index (χ3n) is 2.82. The van der Waals surface area contributed by atoms with E-state index < -0.39 is 0 Å². The highest BCUT2D eigenvalue weighted by atomic mass is 127. The quantitative estimate of drug-likeness (QED) is 0.538. The molecule has 0 spiro atoms. The molecule has 2 aromatic heterocycles. The van der Waals surface area contributed by atoms with Crippen molar-refractivity contribution in [2.24, 2.45) is 0 Å². The molecule has 116 valence electrons. The molecule has 22 heavy (non-hydrogen) atoms. The first kappa shape index (κ1) is 17.7. The van der Waals surface area contributed by atoms with E-state index in [1.54, 1.807) is 25.3 Å². The minimum atomic E-state index is -0.231. The lowest BCUT2D eigenvalue weighted by molar-refractivity contribution is -0.120. The summed E-state index contributed by atoms with van der Waals surface area (Å²) in [5, 5.41) is 3.93. The van der Waals surface area contributed by atoms with Crippen molar-refractivity contribution in [2.45, 2.75) is 19.9 Å². The van der Waals surface area contributed by atoms with E-state index in [2.05, 4.69) is 37.9 Å². The second-order valence-corrected chi connectivity index (χ2v) is 6.97. The van der Waals surface area contributed by atoms with E-state index in [4.69, 9.17) is 34.8 Å². The number of rotatable bonds is 4. The Bertz CT molecular complexity index is 701. The number of nitrogens with one attached hydrogen (secondary N) is 1. The Balaban J connectivity index is 2.02. The van der Waals surface area contributed by atoms with Crippen molar-refractivity contribution < 1.29 is 4.79 Å². The Labute approximate surface area is 156 Å². The first-order valence-electron chi connectivity index (χ1n) is 6.25. The van der Waals surface area contributed by atoms with Crippen molar-refractivity contribution in [3.63, 3.8) is 0 Å². The molecule has 4 nitrogen and oxygen atoms in total. The molecular formula is C14H11Cl3IN3O. The number of aryl methyl sites for hydroxylation is 1. The minimum absolute atomic E-state index is 0.0485. The van der Waals surface area contributed by atoms with Gasteiger partial charge >= 0.3 is 0 Å². The maximum Gasteiger partial charge on any atom is 0.224 e. The molecule has 1 N–H and O–H groups in total. The number of hydrogen-bond donors (Lipinski definition) is 1. The number of carbonyl (C=O) groups excluding carboxylic acids is 1. The van der Waals surface area contributed by atoms with Gasteiger partial charge in [-0.15, -0.1) is 0 Å². The number of hydrogen-bond acceptors (Lipinski definition) is 3. The van der Waals surface area contributed by atoms with Crippen LogP contribution in [0.3, 0.4) is 0 Å². The van der Waals surface area contributed by atoms with Crippen LogP contribution in [0.15, 0.2) is 18.3 Å². The molecule has 0 aliphatic rings. The summed E-state index contributed by atoms with van der Waals surface area (Å²) in [6.45, 7) is 2.02. The van der Waals surface area contributed by atoms with Gasteiger partial charge in [-0.25, -0.2) is 4.98 Å². The zero-order valence-corrected chi connectivity index (χ0v) is 15.9. The van der Waals surface area contributed by atoms with E-state index in [1.807, 2.05) is 0 Å². The van der Waals surface area contributed by atoms with Crippen molar-refractivity contribution >= 4 is 63.3 Å². The fourth-order valence-electron chi connectivity index (χ4n) is 1.76. The predicted octanol–water partition coefficient (Wildman–Crippen LogP) is 4.21. The van der Waals surface area contributed by atoms with Crippen LogP contribution in [-0.4, -0.2) is 15.9 Å². The number of halogens is 4. The third kappa shape index (κ3) is 4.68. The molecule has 8 heteroatoms. The Morgan fingerprint density at radius 3 is 2.64 bits per heavy atom. The van der Waals surface area contributed by atoms with Gasteiger partial charge in [0.1, 0.15) is 5.15 Å². The molecule has 0 bridgehead atoms. The summed E-state index contributed by atoms with van der Waals surface area (Å²) in [7, 11) is 0. The maximum absolute atomic E-state index is 12.0. The number of nitrogens with zero attached hydrogens (tertiary/aromatic N) is 2. The zero-order chi connectivity index (χ0) is 16.3. The van der Waals surface area contributed by atoms with Gasteiger partial charge in [-0.2, -0.15) is 0 Å². The first-order chi connectivity index (χ1) is 10.4. The second-order valence-electron chi connectivity index (χ2n) is 4.55. The van der Waals surface area contributed by atoms with Crippen molar-refractivity contribution in [1.29, 1.82) is 0 Å². The van der Waals surface area contributed by atoms with Crippen LogP contribution >= 0.6 is 57.4 Å². The van der Waals surface area contributed by atoms with Crippen LogP contribution in [0, 0.1) is 10.5 Å². The summed E-state index contributed by atoms with van der Waals surface area (Å²) in [6, 6.07) is 3.46. The number of amides is 1. The van der Waals surface area contributed by atoms with Crippen molar-refractivity contribution in [3.05, 3.63) is 54.0 Å². The molecule has 0 aliphatic carbocycles. The van der Waals surface area contributed by atoms with Crippen molar-refractivity contribution in [1.82, 2.24) is 15.3 Å². The minimum Gasteiger partial charge on any atom is -0.350 e. The van der Waals surface area contributed by atoms with E-state index in [9.17, 15) is 4.79 Å². The highest BCUT2D eigenvalue weighted by Gasteiger charge is 2.13. The molecular weight excluding hydrogens is 459 g/mol. The Hall–Kier alpha value is -0.630. The van der Waals surface area contributed by atoms with Gasteiger partial charge in [0, 0.05) is 26.0 Å². The standard InChI is InChI=1S/C14H11Cl3IN3O/c1-7-2-10(15)9(14(17)21-7)4-13(22)20-6-12-11(16)3-8(18)5-19-12/h2-3,5H,4,6H2,1H3,(H,20,22). The SMILES string of the molecule is Cc1cc(Cl)c(CC(=O)NCc2ncc(I)cc2Cl)c(Cl)n1. The smallest absolute Gasteiger partial charge is 0.224 e. The normalized spacial score (nSPS) is 10.6. The lowest BCUT2D eigenvalue weighted by Gasteiger charge is -2.09. The molecule has 2 rings (SSSR count). The molecule has 0 fully saturated rings. The topological polar surface area (TPSA) is 54.9 Å². The Morgan fingerprint density at radius 1 is 1.27 bits per heavy atom. The van der Waals surface area contributed by atoms with E-state index in [0.29, 0.717) is 27.0 Å². The first-order valence-corrected chi connectivity index (χ1v) is 8.46. The lowest BCUT2D eigenvalue weighted by Crippen LogP contribution is -2.25. The van der Waals surface area contributed by atoms with Crippen LogP contribution in [-0.2, 0) is 17.8 Å². The Morgan fingerprint density at radius 2 is 2.00 bits per heavy atom. The van der Waals surface area contributed by atoms with Crippen LogP contribution in [0.1, 0.15) is 17.0 Å². The number of pyridine rings is 2. The molecule has 0 saturated carbocycles. The van der Waals surface area contributed by atoms with Gasteiger partial charge in [0.25, 0.3) is 0 Å². The second kappa shape index (κ2) is 7.77. The fourth-order valence-corrected chi connectivity index (χ4v) is 3.29. The molecule has 0 aromatic carbocycles. The zero-order valence-electron chi connectivity index (χ0n) is 11.5. The summed E-state index contributed by atoms with van der Waals surface area (Å²) in [4.78, 5) is 20.3. The monoisotopic (exact) mass is 469 g/mol. The largest absolute Gasteiger partial charge is 0.350 e. The molecule has 0 aliphatic heterocycles. The highest BCUT2D eigenvalue weighted by molar-refractivity contribution is 14.1. The van der Waals surface area contributed by atoms with E-state index in [1.165, 1.54) is 0 Å². The van der Waals surface area contributed by atoms with Crippen molar-refractivity contribution in [3.8, 4) is 0 Å². The van der Waals surface area contributed by atoms with Crippen LogP contribution in [0.2, 0.25) is 15.2 Å². The average Bonchev–Trinajstić information content (AvgIpc) is 2.42. The van der Waals surface area contributed by atoms with Gasteiger partial charge in [0.15, 0.2) is 0 Å². The summed E-state index contributed by atoms with van der Waals surface area (Å²) < 4.78 is 0.932. The maximum atomic E-state index is 12.0. The molecule has 0 unspecified atom stereocenters. The summed E-state index contributed by atoms with van der Waals surface area (Å²) in [5.41, 5.74) is 1.82. The fraction of sp³-hybridized carbons (Fsp3) is 0.214. The van der Waals surface area contributed by atoms with Gasteiger partial charge in [-0.1, -0.05) is 34.8 Å². The Kier molecular flexibility index (Phi) is 6.26. The van der Waals surface area contributed by atoms with E-state index >= 15 is 0 Å². The average molecular weight is 471 g/mol. The summed E-state index contributed by atoms with van der Waals surface area (Å²) in [6.07, 6.45) is 1.73. The molecule has 0 atom stereocenters. The molecule has 0 saturated heterocycles. The van der Waals surface area contributed by atoms with Gasteiger partial charge in [-0.3, -0.25) is 9.78 Å². The summed E-state index contributed by atoms with van der Waals surface area (Å²) in [5.74, 6) is -0.231. The number of aromatic nitrogens is 2. The predicted molar refractivity (Wildman–Crippen MR) is 96.5 cm³/mol. The van der Waals surface area contributed by atoms with E-state index in [-0.39, 0.29) is 24.0 Å². The molecule has 0 radical (unpaired) electrons. The van der Waals surface area contributed by atoms with Crippen LogP contribution in [0.4, 0.5) is 0 Å². The van der Waals surface area contributed by atoms with Gasteiger partial charge < -0.3 is 5.32 Å². The molecule has 2 aromatic rings. The third-order valence-corrected chi connectivity index (χ3v) is 4.39.